The van der Waals surface area contributed by atoms with Crippen molar-refractivity contribution in [3.63, 3.8) is 0 Å². The lowest BCUT2D eigenvalue weighted by atomic mass is 9.99. The first-order valence-corrected chi connectivity index (χ1v) is 8.37. The summed E-state index contributed by atoms with van der Waals surface area (Å²) in [4.78, 5) is 0. The highest BCUT2D eigenvalue weighted by Crippen LogP contribution is 2.30. The molecule has 4 aromatic rings. The Hall–Kier alpha value is -3.12. The first-order chi connectivity index (χ1) is 11.9. The molecule has 0 N–H and O–H groups in total. The lowest BCUT2D eigenvalue weighted by molar-refractivity contribution is 1.49. The maximum Gasteiger partial charge on any atom is -0.00988 e. The summed E-state index contributed by atoms with van der Waals surface area (Å²) in [5.41, 5.74) is 5.36. The smallest absolute Gasteiger partial charge is 0.00988 e. The van der Waals surface area contributed by atoms with Crippen molar-refractivity contribution in [3.8, 4) is 11.1 Å². The first kappa shape index (κ1) is 12.3. The third kappa shape index (κ3) is 1.53. The normalized spacial score (nSPS) is 12.8. The number of benzene rings is 4. The van der Waals surface area contributed by atoms with Gasteiger partial charge in [-0.1, -0.05) is 48.5 Å². The van der Waals surface area contributed by atoms with Crippen molar-refractivity contribution < 1.29 is 0 Å². The zero-order valence-electron chi connectivity index (χ0n) is 13.1. The van der Waals surface area contributed by atoms with Gasteiger partial charge in [0, 0.05) is 0 Å². The van der Waals surface area contributed by atoms with Crippen LogP contribution in [0.25, 0.3) is 34.1 Å². The molecule has 6 rings (SSSR count). The summed E-state index contributed by atoms with van der Waals surface area (Å²) in [6.45, 7) is 0. The van der Waals surface area contributed by atoms with E-state index in [4.69, 9.17) is 0 Å². The number of fused-ring (bicyclic) bond motifs is 6. The van der Waals surface area contributed by atoms with Crippen LogP contribution in [0.4, 0.5) is 0 Å². The Kier molecular flexibility index (Phi) is 2.18. The number of hydrogen-bond donors (Lipinski definition) is 0. The molecule has 0 heteroatoms. The molecule has 0 spiro atoms. The molecule has 0 heterocycles. The van der Waals surface area contributed by atoms with Crippen LogP contribution in [0.2, 0.25) is 0 Å². The van der Waals surface area contributed by atoms with Gasteiger partial charge >= 0.3 is 0 Å². The van der Waals surface area contributed by atoms with Gasteiger partial charge < -0.3 is 0 Å². The van der Waals surface area contributed by atoms with E-state index in [1.807, 2.05) is 0 Å². The second-order valence-electron chi connectivity index (χ2n) is 6.69. The van der Waals surface area contributed by atoms with E-state index < -0.39 is 0 Å². The topological polar surface area (TPSA) is 0 Å². The summed E-state index contributed by atoms with van der Waals surface area (Å²) in [6, 6.07) is 26.7. The molecular formula is C24H14. The van der Waals surface area contributed by atoms with Crippen molar-refractivity contribution in [2.45, 2.75) is 0 Å². The monoisotopic (exact) mass is 302 g/mol. The molecule has 0 bridgehead atoms. The van der Waals surface area contributed by atoms with E-state index in [2.05, 4.69) is 84.9 Å². The standard InChI is InChI=1S/C24H14/c1-3-7-21-15(5-1)9-19-11-17-12-20-10-16-6-2-4-8-22(16)24(20)14-18(17)13-23(19)21/h1-14H. The summed E-state index contributed by atoms with van der Waals surface area (Å²) in [7, 11) is 0. The van der Waals surface area contributed by atoms with E-state index in [9.17, 15) is 0 Å². The van der Waals surface area contributed by atoms with Gasteiger partial charge in [-0.2, -0.15) is 0 Å². The van der Waals surface area contributed by atoms with Gasteiger partial charge in [0.2, 0.25) is 0 Å². The molecule has 0 radical (unpaired) electrons. The Bertz CT molecular complexity index is 1390. The van der Waals surface area contributed by atoms with Crippen LogP contribution in [0.3, 0.4) is 0 Å². The maximum atomic E-state index is 2.36. The van der Waals surface area contributed by atoms with Crippen molar-refractivity contribution in [1.29, 1.82) is 0 Å². The van der Waals surface area contributed by atoms with Gasteiger partial charge in [-0.05, 0) is 90.3 Å². The molecule has 0 aromatic heterocycles. The molecule has 0 unspecified atom stereocenters. The molecule has 0 amide bonds. The van der Waals surface area contributed by atoms with Gasteiger partial charge in [0.1, 0.15) is 0 Å². The Balaban J connectivity index is 1.76. The van der Waals surface area contributed by atoms with Crippen LogP contribution in [0.15, 0.2) is 72.8 Å². The van der Waals surface area contributed by atoms with Crippen LogP contribution in [0.5, 0.6) is 0 Å². The minimum absolute atomic E-state index is 1.32. The van der Waals surface area contributed by atoms with Gasteiger partial charge in [0.05, 0.1) is 0 Å². The first-order valence-electron chi connectivity index (χ1n) is 8.37. The lowest BCUT2D eigenvalue weighted by Gasteiger charge is -2.04. The molecule has 0 saturated carbocycles. The molecule has 2 aliphatic carbocycles. The molecule has 0 aliphatic heterocycles. The van der Waals surface area contributed by atoms with Crippen LogP contribution in [-0.4, -0.2) is 0 Å². The highest BCUT2D eigenvalue weighted by molar-refractivity contribution is 5.94. The third-order valence-corrected chi connectivity index (χ3v) is 5.30. The molecule has 0 nitrogen and oxygen atoms in total. The average molecular weight is 302 g/mol. The minimum atomic E-state index is 1.32. The molecule has 0 saturated heterocycles. The van der Waals surface area contributed by atoms with Crippen LogP contribution in [0, 0.1) is 10.4 Å². The summed E-state index contributed by atoms with van der Waals surface area (Å²) in [5.74, 6) is 0. The van der Waals surface area contributed by atoms with Gasteiger partial charge in [-0.15, -0.1) is 0 Å². The Morgan fingerprint density at radius 2 is 1.25 bits per heavy atom. The summed E-state index contributed by atoms with van der Waals surface area (Å²) in [6.07, 6.45) is 4.60. The molecule has 0 fully saturated rings. The molecule has 0 atom stereocenters. The molecule has 24 heavy (non-hydrogen) atoms. The number of rotatable bonds is 0. The fourth-order valence-corrected chi connectivity index (χ4v) is 4.16. The SMILES string of the molecule is C1=c2cc3cc4c(cc3cc2-c2ccccc21)=c1ccccc1=C4. The van der Waals surface area contributed by atoms with Gasteiger partial charge in [0.15, 0.2) is 0 Å². The van der Waals surface area contributed by atoms with Crippen molar-refractivity contribution in [1.82, 2.24) is 0 Å². The van der Waals surface area contributed by atoms with Crippen molar-refractivity contribution in [2.24, 2.45) is 0 Å². The predicted molar refractivity (Wildman–Crippen MR) is 99.9 cm³/mol. The van der Waals surface area contributed by atoms with Crippen LogP contribution < -0.4 is 10.4 Å². The van der Waals surface area contributed by atoms with E-state index in [-0.39, 0.29) is 0 Å². The fourth-order valence-electron chi connectivity index (χ4n) is 4.16. The average Bonchev–Trinajstić information content (AvgIpc) is 3.15. The van der Waals surface area contributed by atoms with Crippen LogP contribution in [0.1, 0.15) is 11.1 Å². The Labute approximate surface area is 139 Å². The van der Waals surface area contributed by atoms with Crippen LogP contribution >= 0.6 is 0 Å². The number of hydrogen-bond acceptors (Lipinski definition) is 0. The second kappa shape index (κ2) is 4.24. The Morgan fingerprint density at radius 1 is 0.458 bits per heavy atom. The largest absolute Gasteiger partial charge is 0.0616 e. The second-order valence-corrected chi connectivity index (χ2v) is 6.69. The summed E-state index contributed by atoms with van der Waals surface area (Å²) in [5, 5.41) is 8.00. The van der Waals surface area contributed by atoms with Crippen molar-refractivity contribution in [3.05, 3.63) is 105 Å². The summed E-state index contributed by atoms with van der Waals surface area (Å²) < 4.78 is 0. The highest BCUT2D eigenvalue weighted by atomic mass is 14.2. The van der Waals surface area contributed by atoms with Crippen molar-refractivity contribution in [2.75, 3.05) is 0 Å². The van der Waals surface area contributed by atoms with Crippen molar-refractivity contribution >= 4 is 22.9 Å². The lowest BCUT2D eigenvalue weighted by Crippen LogP contribution is -2.00. The zero-order valence-corrected chi connectivity index (χ0v) is 13.1. The molecular weight excluding hydrogens is 288 g/mol. The van der Waals surface area contributed by atoms with E-state index >= 15 is 0 Å². The quantitative estimate of drug-likeness (QED) is 0.397. The highest BCUT2D eigenvalue weighted by Gasteiger charge is 2.13. The molecule has 110 valence electrons. The van der Waals surface area contributed by atoms with Gasteiger partial charge in [-0.25, -0.2) is 0 Å². The van der Waals surface area contributed by atoms with Gasteiger partial charge in [0.25, 0.3) is 0 Å². The van der Waals surface area contributed by atoms with Gasteiger partial charge in [-0.3, -0.25) is 0 Å². The van der Waals surface area contributed by atoms with Crippen LogP contribution in [-0.2, 0) is 0 Å². The zero-order chi connectivity index (χ0) is 15.7. The maximum absolute atomic E-state index is 2.36. The minimum Gasteiger partial charge on any atom is -0.0616 e. The third-order valence-electron chi connectivity index (χ3n) is 5.30. The fraction of sp³-hybridized carbons (Fsp3) is 0. The van der Waals surface area contributed by atoms with E-state index in [0.29, 0.717) is 0 Å². The molecule has 4 aromatic carbocycles. The predicted octanol–water partition coefficient (Wildman–Crippen LogP) is 4.08. The van der Waals surface area contributed by atoms with E-state index in [1.165, 1.54) is 53.9 Å². The summed E-state index contributed by atoms with van der Waals surface area (Å²) >= 11 is 0. The molecule has 2 aliphatic rings. The van der Waals surface area contributed by atoms with E-state index in [0.717, 1.165) is 0 Å². The Morgan fingerprint density at radius 3 is 2.25 bits per heavy atom. The van der Waals surface area contributed by atoms with E-state index in [1.54, 1.807) is 0 Å².